The van der Waals surface area contributed by atoms with Gasteiger partial charge in [0.15, 0.2) is 0 Å². The molecule has 0 aliphatic carbocycles. The van der Waals surface area contributed by atoms with Crippen molar-refractivity contribution in [2.45, 2.75) is 57.1 Å². The summed E-state index contributed by atoms with van der Waals surface area (Å²) in [5.74, 6) is 0.0742. The van der Waals surface area contributed by atoms with Crippen molar-refractivity contribution in [3.8, 4) is 0 Å². The molecule has 2 amide bonds. The van der Waals surface area contributed by atoms with Crippen molar-refractivity contribution in [1.82, 2.24) is 10.2 Å². The zero-order chi connectivity index (χ0) is 24.6. The highest BCUT2D eigenvalue weighted by Gasteiger charge is 2.32. The number of hydrogen-bond donors (Lipinski definition) is 1. The molecule has 0 bridgehead atoms. The van der Waals surface area contributed by atoms with E-state index in [0.717, 1.165) is 21.6 Å². The third-order valence-corrected chi connectivity index (χ3v) is 6.35. The fourth-order valence-electron chi connectivity index (χ4n) is 3.64. The molecule has 0 spiro atoms. The second kappa shape index (κ2) is 11.9. The summed E-state index contributed by atoms with van der Waals surface area (Å²) in [6, 6.07) is 27.3. The molecule has 0 radical (unpaired) electrons. The fraction of sp³-hybridized carbons (Fsp3) is 0.310. The molecule has 0 fully saturated rings. The van der Waals surface area contributed by atoms with Gasteiger partial charge in [-0.1, -0.05) is 78.4 Å². The second-order valence-corrected chi connectivity index (χ2v) is 10.6. The number of nitrogens with zero attached hydrogens (tertiary/aromatic N) is 1. The van der Waals surface area contributed by atoms with E-state index in [9.17, 15) is 9.59 Å². The Morgan fingerprint density at radius 1 is 0.853 bits per heavy atom. The minimum atomic E-state index is -0.619. The van der Waals surface area contributed by atoms with Crippen molar-refractivity contribution in [2.75, 3.05) is 5.75 Å². The lowest BCUT2D eigenvalue weighted by atomic mass is 10.0. The van der Waals surface area contributed by atoms with Gasteiger partial charge in [-0.05, 0) is 51.0 Å². The normalized spacial score (nSPS) is 12.1. The summed E-state index contributed by atoms with van der Waals surface area (Å²) in [6.07, 6.45) is 0.455. The molecule has 34 heavy (non-hydrogen) atoms. The lowest BCUT2D eigenvalue weighted by Gasteiger charge is -2.34. The Balaban J connectivity index is 1.91. The van der Waals surface area contributed by atoms with Crippen LogP contribution in [0.15, 0.2) is 89.8 Å². The first-order valence-electron chi connectivity index (χ1n) is 11.6. The van der Waals surface area contributed by atoms with Gasteiger partial charge in [0.25, 0.3) is 0 Å². The van der Waals surface area contributed by atoms with Gasteiger partial charge in [0.1, 0.15) is 6.04 Å². The Morgan fingerprint density at radius 2 is 1.44 bits per heavy atom. The van der Waals surface area contributed by atoms with Crippen LogP contribution in [0, 0.1) is 6.92 Å². The molecular formula is C29H34N2O2S. The van der Waals surface area contributed by atoms with E-state index in [2.05, 4.69) is 5.32 Å². The van der Waals surface area contributed by atoms with Crippen LogP contribution in [0.2, 0.25) is 0 Å². The van der Waals surface area contributed by atoms with E-state index >= 15 is 0 Å². The molecule has 0 heterocycles. The molecule has 3 aromatic rings. The van der Waals surface area contributed by atoms with Crippen LogP contribution in [0.1, 0.15) is 37.5 Å². The fourth-order valence-corrected chi connectivity index (χ4v) is 4.45. The quantitative estimate of drug-likeness (QED) is 0.408. The maximum atomic E-state index is 13.6. The number of nitrogens with one attached hydrogen (secondary N) is 1. The number of aryl methyl sites for hydroxylation is 1. The topological polar surface area (TPSA) is 49.4 Å². The highest BCUT2D eigenvalue weighted by Crippen LogP contribution is 2.21. The molecule has 0 aromatic heterocycles. The number of hydrogen-bond acceptors (Lipinski definition) is 3. The molecule has 0 saturated carbocycles. The summed E-state index contributed by atoms with van der Waals surface area (Å²) in [5.41, 5.74) is 2.79. The van der Waals surface area contributed by atoms with Gasteiger partial charge in [-0.15, -0.1) is 11.8 Å². The van der Waals surface area contributed by atoms with E-state index in [4.69, 9.17) is 0 Å². The Morgan fingerprint density at radius 3 is 2.03 bits per heavy atom. The van der Waals surface area contributed by atoms with Crippen LogP contribution in [0.5, 0.6) is 0 Å². The standard InChI is InChI=1S/C29H34N2O2S/c1-22-15-17-24(18-16-22)20-31(27(32)21-34-25-13-9-6-10-14-25)26(28(33)30-29(2,3)4)19-23-11-7-5-8-12-23/h5-18,26H,19-21H2,1-4H3,(H,30,33)/t26-/m0/s1. The molecule has 0 saturated heterocycles. The van der Waals surface area contributed by atoms with Crippen LogP contribution >= 0.6 is 11.8 Å². The largest absolute Gasteiger partial charge is 0.350 e. The third-order valence-electron chi connectivity index (χ3n) is 5.35. The summed E-state index contributed by atoms with van der Waals surface area (Å²) in [5, 5.41) is 3.10. The average molecular weight is 475 g/mol. The first-order chi connectivity index (χ1) is 16.2. The van der Waals surface area contributed by atoms with Gasteiger partial charge in [-0.2, -0.15) is 0 Å². The van der Waals surface area contributed by atoms with Crippen molar-refractivity contribution in [3.63, 3.8) is 0 Å². The number of carbonyl (C=O) groups excluding carboxylic acids is 2. The Kier molecular flexibility index (Phi) is 8.94. The van der Waals surface area contributed by atoms with E-state index in [1.165, 1.54) is 11.8 Å². The zero-order valence-corrected chi connectivity index (χ0v) is 21.3. The molecular weight excluding hydrogens is 440 g/mol. The Labute approximate surface area is 207 Å². The number of amides is 2. The average Bonchev–Trinajstić information content (AvgIpc) is 2.81. The van der Waals surface area contributed by atoms with E-state index in [0.29, 0.717) is 13.0 Å². The molecule has 0 aliphatic heterocycles. The highest BCUT2D eigenvalue weighted by atomic mass is 32.2. The molecule has 4 nitrogen and oxygen atoms in total. The predicted molar refractivity (Wildman–Crippen MR) is 141 cm³/mol. The summed E-state index contributed by atoms with van der Waals surface area (Å²) >= 11 is 1.50. The molecule has 0 aliphatic rings. The molecule has 1 N–H and O–H groups in total. The summed E-state index contributed by atoms with van der Waals surface area (Å²) in [7, 11) is 0. The Hall–Kier alpha value is -3.05. The van der Waals surface area contributed by atoms with E-state index < -0.39 is 11.6 Å². The van der Waals surface area contributed by atoms with Gasteiger partial charge in [-0.3, -0.25) is 9.59 Å². The van der Waals surface area contributed by atoms with Crippen LogP contribution in [0.3, 0.4) is 0 Å². The number of benzene rings is 3. The molecule has 3 aromatic carbocycles. The third kappa shape index (κ3) is 8.07. The number of rotatable bonds is 9. The van der Waals surface area contributed by atoms with Crippen molar-refractivity contribution in [2.24, 2.45) is 0 Å². The van der Waals surface area contributed by atoms with Gasteiger partial charge in [-0.25, -0.2) is 0 Å². The van der Waals surface area contributed by atoms with Gasteiger partial charge >= 0.3 is 0 Å². The van der Waals surface area contributed by atoms with Crippen molar-refractivity contribution >= 4 is 23.6 Å². The van der Waals surface area contributed by atoms with Gasteiger partial charge < -0.3 is 10.2 Å². The minimum Gasteiger partial charge on any atom is -0.350 e. The van der Waals surface area contributed by atoms with Crippen LogP contribution in [0.25, 0.3) is 0 Å². The zero-order valence-electron chi connectivity index (χ0n) is 20.5. The van der Waals surface area contributed by atoms with Gasteiger partial charge in [0, 0.05) is 23.4 Å². The number of carbonyl (C=O) groups is 2. The van der Waals surface area contributed by atoms with E-state index in [1.807, 2.05) is 113 Å². The van der Waals surface area contributed by atoms with Crippen LogP contribution in [0.4, 0.5) is 0 Å². The highest BCUT2D eigenvalue weighted by molar-refractivity contribution is 8.00. The van der Waals surface area contributed by atoms with Crippen molar-refractivity contribution < 1.29 is 9.59 Å². The van der Waals surface area contributed by atoms with Crippen LogP contribution in [-0.2, 0) is 22.6 Å². The monoisotopic (exact) mass is 474 g/mol. The molecule has 178 valence electrons. The van der Waals surface area contributed by atoms with Gasteiger partial charge in [0.05, 0.1) is 5.75 Å². The summed E-state index contributed by atoms with van der Waals surface area (Å²) in [4.78, 5) is 29.9. The molecule has 0 unspecified atom stereocenters. The van der Waals surface area contributed by atoms with Crippen molar-refractivity contribution in [1.29, 1.82) is 0 Å². The smallest absolute Gasteiger partial charge is 0.243 e. The SMILES string of the molecule is Cc1ccc(CN(C(=O)CSc2ccccc2)[C@@H](Cc2ccccc2)C(=O)NC(C)(C)C)cc1. The minimum absolute atomic E-state index is 0.0561. The maximum absolute atomic E-state index is 13.6. The van der Waals surface area contributed by atoms with E-state index in [1.54, 1.807) is 4.90 Å². The molecule has 5 heteroatoms. The number of thioether (sulfide) groups is 1. The first kappa shape index (κ1) is 25.6. The lowest BCUT2D eigenvalue weighted by Crippen LogP contribution is -2.54. The van der Waals surface area contributed by atoms with Gasteiger partial charge in [0.2, 0.25) is 11.8 Å². The molecule has 1 atom stereocenters. The summed E-state index contributed by atoms with van der Waals surface area (Å²) < 4.78 is 0. The van der Waals surface area contributed by atoms with E-state index in [-0.39, 0.29) is 17.6 Å². The first-order valence-corrected chi connectivity index (χ1v) is 12.6. The predicted octanol–water partition coefficient (Wildman–Crippen LogP) is 5.64. The van der Waals surface area contributed by atoms with Crippen molar-refractivity contribution in [3.05, 3.63) is 102 Å². The summed E-state index contributed by atoms with van der Waals surface area (Å²) in [6.45, 7) is 8.30. The maximum Gasteiger partial charge on any atom is 0.243 e. The van der Waals surface area contributed by atoms with Crippen LogP contribution < -0.4 is 5.32 Å². The Bertz CT molecular complexity index is 1060. The lowest BCUT2D eigenvalue weighted by molar-refractivity contribution is -0.140. The molecule has 3 rings (SSSR count). The second-order valence-electron chi connectivity index (χ2n) is 9.55. The van der Waals surface area contributed by atoms with Crippen LogP contribution in [-0.4, -0.2) is 34.0 Å².